The van der Waals surface area contributed by atoms with Crippen LogP contribution in [0.3, 0.4) is 0 Å². The first-order valence-corrected chi connectivity index (χ1v) is 11.6. The number of hydrogen-bond donors (Lipinski definition) is 1. The zero-order chi connectivity index (χ0) is 24.7. The number of ether oxygens (including phenoxy) is 2. The van der Waals surface area contributed by atoms with Gasteiger partial charge in [-0.25, -0.2) is 17.6 Å². The quantitative estimate of drug-likeness (QED) is 0.467. The summed E-state index contributed by atoms with van der Waals surface area (Å²) in [5.41, 5.74) is 1.07. The van der Waals surface area contributed by atoms with Crippen molar-refractivity contribution in [1.82, 2.24) is 5.32 Å². The standard InChI is InChI=1S/C24H23FN2O6S/c1-27(20-10-12-21(32-2)13-11-20)34(30,31)22-5-3-4-18(14-22)24(29)33-16-23(28)26-15-17-6-8-19(25)9-7-17/h3-14H,15-16H2,1-2H3,(H,26,28). The highest BCUT2D eigenvalue weighted by molar-refractivity contribution is 7.92. The summed E-state index contributed by atoms with van der Waals surface area (Å²) in [5.74, 6) is -1.20. The van der Waals surface area contributed by atoms with Gasteiger partial charge in [-0.2, -0.15) is 0 Å². The van der Waals surface area contributed by atoms with E-state index in [0.29, 0.717) is 17.0 Å². The van der Waals surface area contributed by atoms with E-state index in [1.54, 1.807) is 24.3 Å². The molecule has 0 atom stereocenters. The molecule has 0 aromatic heterocycles. The molecule has 0 unspecified atom stereocenters. The molecule has 34 heavy (non-hydrogen) atoms. The number of carbonyl (C=O) groups excluding carboxylic acids is 2. The average molecular weight is 487 g/mol. The molecule has 3 aromatic rings. The van der Waals surface area contributed by atoms with Crippen molar-refractivity contribution in [3.63, 3.8) is 0 Å². The highest BCUT2D eigenvalue weighted by Crippen LogP contribution is 2.25. The summed E-state index contributed by atoms with van der Waals surface area (Å²) < 4.78 is 50.1. The number of halogens is 1. The maximum atomic E-state index is 13.0. The van der Waals surface area contributed by atoms with Crippen molar-refractivity contribution in [3.05, 3.63) is 89.7 Å². The topological polar surface area (TPSA) is 102 Å². The Morgan fingerprint density at radius 3 is 2.32 bits per heavy atom. The largest absolute Gasteiger partial charge is 0.497 e. The van der Waals surface area contributed by atoms with E-state index < -0.39 is 28.5 Å². The first-order valence-electron chi connectivity index (χ1n) is 10.1. The van der Waals surface area contributed by atoms with E-state index in [0.717, 1.165) is 4.31 Å². The second kappa shape index (κ2) is 10.8. The fourth-order valence-electron chi connectivity index (χ4n) is 2.94. The minimum absolute atomic E-state index is 0.0180. The van der Waals surface area contributed by atoms with Gasteiger partial charge in [-0.3, -0.25) is 9.10 Å². The monoisotopic (exact) mass is 486 g/mol. The van der Waals surface area contributed by atoms with Gasteiger partial charge in [0, 0.05) is 13.6 Å². The van der Waals surface area contributed by atoms with E-state index in [1.165, 1.54) is 62.7 Å². The molecule has 0 radical (unpaired) electrons. The predicted octanol–water partition coefficient (Wildman–Crippen LogP) is 3.13. The molecule has 0 saturated carbocycles. The van der Waals surface area contributed by atoms with Crippen molar-refractivity contribution >= 4 is 27.6 Å². The molecule has 1 amide bonds. The lowest BCUT2D eigenvalue weighted by Crippen LogP contribution is -2.28. The molecule has 0 saturated heterocycles. The number of benzene rings is 3. The van der Waals surface area contributed by atoms with Crippen molar-refractivity contribution in [2.45, 2.75) is 11.4 Å². The number of nitrogens with zero attached hydrogens (tertiary/aromatic N) is 1. The average Bonchev–Trinajstić information content (AvgIpc) is 2.86. The van der Waals surface area contributed by atoms with Crippen molar-refractivity contribution in [1.29, 1.82) is 0 Å². The molecule has 0 aliphatic rings. The van der Waals surface area contributed by atoms with Crippen LogP contribution in [-0.4, -0.2) is 41.1 Å². The van der Waals surface area contributed by atoms with E-state index in [4.69, 9.17) is 9.47 Å². The van der Waals surface area contributed by atoms with Crippen molar-refractivity contribution in [2.75, 3.05) is 25.1 Å². The van der Waals surface area contributed by atoms with Gasteiger partial charge in [-0.15, -0.1) is 0 Å². The molecular weight excluding hydrogens is 463 g/mol. The second-order valence-corrected chi connectivity index (χ2v) is 9.15. The Hall–Kier alpha value is -3.92. The molecule has 8 nitrogen and oxygen atoms in total. The summed E-state index contributed by atoms with van der Waals surface area (Å²) in [4.78, 5) is 24.2. The van der Waals surface area contributed by atoms with E-state index in [-0.39, 0.29) is 22.8 Å². The van der Waals surface area contributed by atoms with Gasteiger partial charge in [0.2, 0.25) is 0 Å². The number of nitrogens with one attached hydrogen (secondary N) is 1. The molecular formula is C24H23FN2O6S. The van der Waals surface area contributed by atoms with Crippen LogP contribution in [0.1, 0.15) is 15.9 Å². The van der Waals surface area contributed by atoms with Gasteiger partial charge in [-0.1, -0.05) is 18.2 Å². The van der Waals surface area contributed by atoms with Crippen LogP contribution in [0.25, 0.3) is 0 Å². The number of methoxy groups -OCH3 is 1. The molecule has 3 aromatic carbocycles. The Labute approximate surface area is 197 Å². The summed E-state index contributed by atoms with van der Waals surface area (Å²) >= 11 is 0. The molecule has 3 rings (SSSR count). The van der Waals surface area contributed by atoms with E-state index in [1.807, 2.05) is 0 Å². The van der Waals surface area contributed by atoms with Gasteiger partial charge >= 0.3 is 5.97 Å². The molecule has 0 bridgehead atoms. The van der Waals surface area contributed by atoms with Gasteiger partial charge in [-0.05, 0) is 60.2 Å². The number of rotatable bonds is 9. The Kier molecular flexibility index (Phi) is 7.85. The number of anilines is 1. The lowest BCUT2D eigenvalue weighted by molar-refractivity contribution is -0.124. The maximum absolute atomic E-state index is 13.0. The Morgan fingerprint density at radius 2 is 1.68 bits per heavy atom. The van der Waals surface area contributed by atoms with Crippen LogP contribution in [0.4, 0.5) is 10.1 Å². The van der Waals surface area contributed by atoms with Gasteiger partial charge in [0.15, 0.2) is 6.61 Å². The van der Waals surface area contributed by atoms with E-state index in [9.17, 15) is 22.4 Å². The van der Waals surface area contributed by atoms with Crippen LogP contribution in [0.2, 0.25) is 0 Å². The number of esters is 1. The summed E-state index contributed by atoms with van der Waals surface area (Å²) in [6.45, 7) is -0.412. The first-order chi connectivity index (χ1) is 16.2. The molecule has 0 heterocycles. The third kappa shape index (κ3) is 6.10. The smallest absolute Gasteiger partial charge is 0.338 e. The first kappa shape index (κ1) is 24.7. The van der Waals surface area contributed by atoms with E-state index >= 15 is 0 Å². The summed E-state index contributed by atoms with van der Waals surface area (Å²) in [5, 5.41) is 2.55. The fraction of sp³-hybridized carbons (Fsp3) is 0.167. The van der Waals surface area contributed by atoms with Gasteiger partial charge < -0.3 is 14.8 Å². The highest BCUT2D eigenvalue weighted by Gasteiger charge is 2.23. The van der Waals surface area contributed by atoms with Gasteiger partial charge in [0.25, 0.3) is 15.9 Å². The lowest BCUT2D eigenvalue weighted by atomic mass is 10.2. The summed E-state index contributed by atoms with van der Waals surface area (Å²) in [6, 6.07) is 17.4. The lowest BCUT2D eigenvalue weighted by Gasteiger charge is -2.20. The molecule has 10 heteroatoms. The summed E-state index contributed by atoms with van der Waals surface area (Å²) in [7, 11) is -1.06. The summed E-state index contributed by atoms with van der Waals surface area (Å²) in [6.07, 6.45) is 0. The number of hydrogen-bond acceptors (Lipinski definition) is 6. The second-order valence-electron chi connectivity index (χ2n) is 7.18. The normalized spacial score (nSPS) is 10.9. The van der Waals surface area contributed by atoms with Crippen LogP contribution < -0.4 is 14.4 Å². The van der Waals surface area contributed by atoms with Crippen LogP contribution in [0, 0.1) is 5.82 Å². The van der Waals surface area contributed by atoms with E-state index in [2.05, 4.69) is 5.32 Å². The molecule has 0 aliphatic heterocycles. The van der Waals surface area contributed by atoms with Crippen LogP contribution in [0.5, 0.6) is 5.75 Å². The zero-order valence-corrected chi connectivity index (χ0v) is 19.3. The third-order valence-corrected chi connectivity index (χ3v) is 6.68. The molecule has 178 valence electrons. The molecule has 1 N–H and O–H groups in total. The predicted molar refractivity (Wildman–Crippen MR) is 124 cm³/mol. The molecule has 0 fully saturated rings. The zero-order valence-electron chi connectivity index (χ0n) is 18.5. The minimum Gasteiger partial charge on any atom is -0.497 e. The van der Waals surface area contributed by atoms with Crippen LogP contribution in [0.15, 0.2) is 77.7 Å². The highest BCUT2D eigenvalue weighted by atomic mass is 32.2. The Bertz CT molecular complexity index is 1260. The van der Waals surface area contributed by atoms with Crippen molar-refractivity contribution in [3.8, 4) is 5.75 Å². The Balaban J connectivity index is 1.62. The Morgan fingerprint density at radius 1 is 1.00 bits per heavy atom. The minimum atomic E-state index is -3.96. The maximum Gasteiger partial charge on any atom is 0.338 e. The third-order valence-electron chi connectivity index (χ3n) is 4.90. The van der Waals surface area contributed by atoms with Gasteiger partial charge in [0.1, 0.15) is 11.6 Å². The van der Waals surface area contributed by atoms with Crippen molar-refractivity contribution in [2.24, 2.45) is 0 Å². The van der Waals surface area contributed by atoms with Gasteiger partial charge in [0.05, 0.1) is 23.3 Å². The van der Waals surface area contributed by atoms with Crippen LogP contribution >= 0.6 is 0 Å². The van der Waals surface area contributed by atoms with Crippen molar-refractivity contribution < 1.29 is 31.9 Å². The molecule has 0 aliphatic carbocycles. The van der Waals surface area contributed by atoms with Crippen LogP contribution in [-0.2, 0) is 26.1 Å². The number of amides is 1. The fourth-order valence-corrected chi connectivity index (χ4v) is 4.18. The molecule has 0 spiro atoms. The number of sulfonamides is 1. The SMILES string of the molecule is COc1ccc(N(C)S(=O)(=O)c2cccc(C(=O)OCC(=O)NCc3ccc(F)cc3)c2)cc1. The number of carbonyl (C=O) groups is 2.